The number of hydrogen-bond donors (Lipinski definition) is 2. The van der Waals surface area contributed by atoms with Crippen molar-refractivity contribution in [2.45, 2.75) is 26.2 Å². The third-order valence-electron chi connectivity index (χ3n) is 3.89. The lowest BCUT2D eigenvalue weighted by Crippen LogP contribution is -2.29. The van der Waals surface area contributed by atoms with Crippen molar-refractivity contribution >= 4 is 41.2 Å². The van der Waals surface area contributed by atoms with Gasteiger partial charge in [-0.1, -0.05) is 48.7 Å². The third-order valence-corrected chi connectivity index (χ3v) is 4.63. The highest BCUT2D eigenvalue weighted by molar-refractivity contribution is 6.42. The average Bonchev–Trinajstić information content (AvgIpc) is 2.71. The molecule has 0 fully saturated rings. The maximum atomic E-state index is 12.0. The third kappa shape index (κ3) is 7.75. The van der Waals surface area contributed by atoms with Gasteiger partial charge in [-0.2, -0.15) is 5.10 Å². The number of amides is 2. The van der Waals surface area contributed by atoms with Crippen LogP contribution in [-0.4, -0.2) is 31.2 Å². The van der Waals surface area contributed by atoms with Gasteiger partial charge in [0.1, 0.15) is 5.75 Å². The molecular formula is C21H23Cl2N3O3. The van der Waals surface area contributed by atoms with Crippen LogP contribution in [0, 0.1) is 0 Å². The van der Waals surface area contributed by atoms with E-state index in [1.165, 1.54) is 12.3 Å². The van der Waals surface area contributed by atoms with E-state index in [4.69, 9.17) is 27.9 Å². The van der Waals surface area contributed by atoms with Gasteiger partial charge in [0.15, 0.2) is 0 Å². The average molecular weight is 436 g/mol. The van der Waals surface area contributed by atoms with Crippen LogP contribution in [0.4, 0.5) is 0 Å². The minimum atomic E-state index is -0.335. The number of ether oxygens (including phenoxy) is 1. The Bertz CT molecular complexity index is 872. The van der Waals surface area contributed by atoms with Gasteiger partial charge < -0.3 is 10.1 Å². The summed E-state index contributed by atoms with van der Waals surface area (Å²) in [7, 11) is 0. The molecule has 0 saturated carbocycles. The number of para-hydroxylation sites is 1. The minimum Gasteiger partial charge on any atom is -0.493 e. The van der Waals surface area contributed by atoms with Crippen LogP contribution in [0.3, 0.4) is 0 Å². The number of hydrogen-bond acceptors (Lipinski definition) is 4. The molecule has 154 valence electrons. The van der Waals surface area contributed by atoms with Gasteiger partial charge in [0, 0.05) is 24.1 Å². The molecule has 2 rings (SSSR count). The topological polar surface area (TPSA) is 79.8 Å². The second-order valence-electron chi connectivity index (χ2n) is 6.17. The zero-order valence-corrected chi connectivity index (χ0v) is 17.6. The van der Waals surface area contributed by atoms with Crippen LogP contribution < -0.4 is 15.5 Å². The highest BCUT2D eigenvalue weighted by Crippen LogP contribution is 2.22. The fourth-order valence-electron chi connectivity index (χ4n) is 2.30. The number of halogens is 2. The predicted molar refractivity (Wildman–Crippen MR) is 116 cm³/mol. The Labute approximate surface area is 180 Å². The Morgan fingerprint density at radius 2 is 1.93 bits per heavy atom. The second-order valence-corrected chi connectivity index (χ2v) is 6.98. The maximum Gasteiger partial charge on any atom is 0.251 e. The number of nitrogens with zero attached hydrogens (tertiary/aromatic N) is 1. The smallest absolute Gasteiger partial charge is 0.251 e. The summed E-state index contributed by atoms with van der Waals surface area (Å²) in [5, 5.41) is 7.28. The first kappa shape index (κ1) is 22.7. The molecule has 0 saturated heterocycles. The lowest BCUT2D eigenvalue weighted by atomic mass is 10.2. The Morgan fingerprint density at radius 1 is 1.14 bits per heavy atom. The van der Waals surface area contributed by atoms with Crippen molar-refractivity contribution in [2.24, 2.45) is 5.10 Å². The number of carbonyl (C=O) groups is 2. The Kier molecular flexibility index (Phi) is 9.47. The highest BCUT2D eigenvalue weighted by atomic mass is 35.5. The quantitative estimate of drug-likeness (QED) is 0.328. The molecule has 2 aromatic carbocycles. The summed E-state index contributed by atoms with van der Waals surface area (Å²) in [5.41, 5.74) is 3.59. The van der Waals surface area contributed by atoms with Crippen LogP contribution >= 0.6 is 23.2 Å². The molecule has 0 spiro atoms. The van der Waals surface area contributed by atoms with Gasteiger partial charge in [-0.05, 0) is 36.8 Å². The van der Waals surface area contributed by atoms with Crippen molar-refractivity contribution < 1.29 is 14.3 Å². The molecular weight excluding hydrogens is 413 g/mol. The van der Waals surface area contributed by atoms with Crippen LogP contribution in [0.5, 0.6) is 5.75 Å². The van der Waals surface area contributed by atoms with Gasteiger partial charge in [-0.15, -0.1) is 0 Å². The highest BCUT2D eigenvalue weighted by Gasteiger charge is 2.08. The number of nitrogens with one attached hydrogen (secondary N) is 2. The number of rotatable bonds is 10. The molecule has 0 atom stereocenters. The Hall–Kier alpha value is -2.57. The normalized spacial score (nSPS) is 10.7. The van der Waals surface area contributed by atoms with Gasteiger partial charge >= 0.3 is 0 Å². The summed E-state index contributed by atoms with van der Waals surface area (Å²) in [6, 6.07) is 12.1. The Morgan fingerprint density at radius 3 is 2.69 bits per heavy atom. The van der Waals surface area contributed by atoms with Gasteiger partial charge in [0.25, 0.3) is 5.91 Å². The molecule has 0 heterocycles. The van der Waals surface area contributed by atoms with E-state index < -0.39 is 0 Å². The molecule has 0 aliphatic heterocycles. The van der Waals surface area contributed by atoms with E-state index in [1.54, 1.807) is 12.1 Å². The zero-order chi connectivity index (χ0) is 21.1. The fourth-order valence-corrected chi connectivity index (χ4v) is 2.60. The largest absolute Gasteiger partial charge is 0.493 e. The standard InChI is InChI=1S/C21H23Cl2N3O3/c1-2-3-12-29-19-7-5-4-6-16(19)14-25-26-20(27)10-11-24-21(28)15-8-9-17(22)18(23)13-15/h4-9,13-14H,2-3,10-12H2,1H3,(H,24,28)(H,26,27). The molecule has 2 aromatic rings. The van der Waals surface area contributed by atoms with Crippen molar-refractivity contribution in [3.63, 3.8) is 0 Å². The van der Waals surface area contributed by atoms with Crippen LogP contribution in [0.2, 0.25) is 10.0 Å². The van der Waals surface area contributed by atoms with E-state index in [-0.39, 0.29) is 24.8 Å². The van der Waals surface area contributed by atoms with E-state index >= 15 is 0 Å². The monoisotopic (exact) mass is 435 g/mol. The second kappa shape index (κ2) is 12.1. The summed E-state index contributed by atoms with van der Waals surface area (Å²) in [4.78, 5) is 23.9. The van der Waals surface area contributed by atoms with Crippen molar-refractivity contribution in [1.82, 2.24) is 10.7 Å². The van der Waals surface area contributed by atoms with Crippen LogP contribution in [0.15, 0.2) is 47.6 Å². The van der Waals surface area contributed by atoms with Crippen molar-refractivity contribution in [3.8, 4) is 5.75 Å². The molecule has 8 heteroatoms. The lowest BCUT2D eigenvalue weighted by molar-refractivity contribution is -0.120. The molecule has 0 aliphatic rings. The molecule has 2 amide bonds. The number of benzene rings is 2. The lowest BCUT2D eigenvalue weighted by Gasteiger charge is -2.08. The van der Waals surface area contributed by atoms with Crippen LogP contribution in [0.25, 0.3) is 0 Å². The van der Waals surface area contributed by atoms with E-state index in [2.05, 4.69) is 22.8 Å². The van der Waals surface area contributed by atoms with Crippen LogP contribution in [0.1, 0.15) is 42.1 Å². The summed E-state index contributed by atoms with van der Waals surface area (Å²) in [6.45, 7) is 2.89. The maximum absolute atomic E-state index is 12.0. The first-order chi connectivity index (χ1) is 14.0. The molecule has 6 nitrogen and oxygen atoms in total. The van der Waals surface area contributed by atoms with Crippen molar-refractivity contribution in [2.75, 3.05) is 13.2 Å². The van der Waals surface area contributed by atoms with E-state index in [9.17, 15) is 9.59 Å². The van der Waals surface area contributed by atoms with E-state index in [0.717, 1.165) is 18.4 Å². The van der Waals surface area contributed by atoms with Gasteiger partial charge in [0.05, 0.1) is 22.9 Å². The molecule has 0 bridgehead atoms. The summed E-state index contributed by atoms with van der Waals surface area (Å²) >= 11 is 11.7. The van der Waals surface area contributed by atoms with Gasteiger partial charge in [-0.3, -0.25) is 9.59 Å². The van der Waals surface area contributed by atoms with Gasteiger partial charge in [-0.25, -0.2) is 5.43 Å². The summed E-state index contributed by atoms with van der Waals surface area (Å²) in [6.07, 6.45) is 3.64. The van der Waals surface area contributed by atoms with Crippen molar-refractivity contribution in [1.29, 1.82) is 0 Å². The van der Waals surface area contributed by atoms with E-state index in [0.29, 0.717) is 28.0 Å². The van der Waals surface area contributed by atoms with Gasteiger partial charge in [0.2, 0.25) is 5.91 Å². The summed E-state index contributed by atoms with van der Waals surface area (Å²) in [5.74, 6) is 0.0610. The molecule has 0 unspecified atom stereocenters. The summed E-state index contributed by atoms with van der Waals surface area (Å²) < 4.78 is 5.72. The minimum absolute atomic E-state index is 0.0824. The molecule has 0 aromatic heterocycles. The molecule has 0 aliphatic carbocycles. The Balaban J connectivity index is 1.77. The fraction of sp³-hybridized carbons (Fsp3) is 0.286. The number of unbranched alkanes of at least 4 members (excludes halogenated alkanes) is 1. The molecule has 2 N–H and O–H groups in total. The predicted octanol–water partition coefficient (Wildman–Crippen LogP) is 4.44. The zero-order valence-electron chi connectivity index (χ0n) is 16.1. The molecule has 29 heavy (non-hydrogen) atoms. The first-order valence-electron chi connectivity index (χ1n) is 9.28. The molecule has 0 radical (unpaired) electrons. The van der Waals surface area contributed by atoms with E-state index in [1.807, 2.05) is 24.3 Å². The number of hydrazone groups is 1. The first-order valence-corrected chi connectivity index (χ1v) is 10.0. The van der Waals surface area contributed by atoms with Crippen LogP contribution in [-0.2, 0) is 4.79 Å². The number of carbonyl (C=O) groups excluding carboxylic acids is 2. The SMILES string of the molecule is CCCCOc1ccccc1C=NNC(=O)CCNC(=O)c1ccc(Cl)c(Cl)c1. The van der Waals surface area contributed by atoms with Crippen molar-refractivity contribution in [3.05, 3.63) is 63.6 Å².